The van der Waals surface area contributed by atoms with Gasteiger partial charge in [-0.15, -0.1) is 0 Å². The van der Waals surface area contributed by atoms with E-state index in [2.05, 4.69) is 5.32 Å². The van der Waals surface area contributed by atoms with Gasteiger partial charge in [-0.25, -0.2) is 0 Å². The van der Waals surface area contributed by atoms with Crippen molar-refractivity contribution in [3.05, 3.63) is 48.5 Å². The van der Waals surface area contributed by atoms with Crippen LogP contribution in [0.25, 0.3) is 0 Å². The maximum absolute atomic E-state index is 9.38. The molecule has 7 heteroatoms. The summed E-state index contributed by atoms with van der Waals surface area (Å²) in [5.74, 6) is 1.10. The molecule has 5 N–H and O–H groups in total. The van der Waals surface area contributed by atoms with E-state index in [0.29, 0.717) is 22.6 Å². The first-order valence-electron chi connectivity index (χ1n) is 6.86. The predicted molar refractivity (Wildman–Crippen MR) is 84.4 cm³/mol. The topological polar surface area (TPSA) is 102 Å². The Hall–Kier alpha value is -2.06. The Bertz CT molecular complexity index is 591. The maximum atomic E-state index is 9.38. The number of nitrogens with one attached hydrogen (secondary N) is 1. The van der Waals surface area contributed by atoms with Crippen molar-refractivity contribution in [3.8, 4) is 11.5 Å². The van der Waals surface area contributed by atoms with Crippen LogP contribution in [-0.4, -0.2) is 46.6 Å². The monoisotopic (exact) mass is 303 g/mol. The summed E-state index contributed by atoms with van der Waals surface area (Å²) in [5.41, 5.74) is 1.06. The van der Waals surface area contributed by atoms with Crippen LogP contribution in [0.1, 0.15) is 0 Å². The number of para-hydroxylation sites is 2. The minimum Gasteiger partial charge on any atom is -0.455 e. The molecular weight excluding hydrogens is 285 g/mol. The van der Waals surface area contributed by atoms with E-state index >= 15 is 0 Å². The van der Waals surface area contributed by atoms with E-state index < -0.39 is 13.2 Å². The van der Waals surface area contributed by atoms with Gasteiger partial charge in [-0.05, 0) is 29.7 Å². The molecule has 2 aromatic rings. The van der Waals surface area contributed by atoms with E-state index in [-0.39, 0.29) is 13.2 Å². The van der Waals surface area contributed by atoms with Crippen LogP contribution in [0.4, 0.5) is 5.69 Å². The SMILES string of the molecule is OCC(O)CNc1ccccc1Oc1ccc(B(O)O)cc1. The summed E-state index contributed by atoms with van der Waals surface area (Å²) in [4.78, 5) is 0. The van der Waals surface area contributed by atoms with Crippen LogP contribution in [0.5, 0.6) is 11.5 Å². The van der Waals surface area contributed by atoms with E-state index in [1.54, 1.807) is 36.4 Å². The van der Waals surface area contributed by atoms with Crippen molar-refractivity contribution in [1.82, 2.24) is 0 Å². The Kier molecular flexibility index (Phi) is 5.79. The molecule has 1 unspecified atom stereocenters. The van der Waals surface area contributed by atoms with Gasteiger partial charge in [0.15, 0.2) is 5.75 Å². The summed E-state index contributed by atoms with van der Waals surface area (Å²) in [5, 5.41) is 39.3. The Morgan fingerprint density at radius 2 is 1.73 bits per heavy atom. The highest BCUT2D eigenvalue weighted by atomic mass is 16.5. The van der Waals surface area contributed by atoms with E-state index in [9.17, 15) is 5.11 Å². The summed E-state index contributed by atoms with van der Waals surface area (Å²) in [6.45, 7) is -0.118. The van der Waals surface area contributed by atoms with Crippen LogP contribution in [0.2, 0.25) is 0 Å². The first kappa shape index (κ1) is 16.3. The van der Waals surface area contributed by atoms with Gasteiger partial charge in [0.25, 0.3) is 0 Å². The van der Waals surface area contributed by atoms with Crippen molar-refractivity contribution >= 4 is 18.3 Å². The Morgan fingerprint density at radius 1 is 1.05 bits per heavy atom. The molecule has 0 amide bonds. The van der Waals surface area contributed by atoms with Crippen molar-refractivity contribution in [2.45, 2.75) is 6.10 Å². The molecule has 0 heterocycles. The molecule has 0 fully saturated rings. The summed E-state index contributed by atoms with van der Waals surface area (Å²) >= 11 is 0. The van der Waals surface area contributed by atoms with Gasteiger partial charge in [-0.2, -0.15) is 0 Å². The standard InChI is InChI=1S/C15H18BNO5/c18-10-12(19)9-17-14-3-1-2-4-15(14)22-13-7-5-11(6-8-13)16(20)21/h1-8,12,17-21H,9-10H2. The highest BCUT2D eigenvalue weighted by Crippen LogP contribution is 2.28. The van der Waals surface area contributed by atoms with E-state index in [0.717, 1.165) is 0 Å². The lowest BCUT2D eigenvalue weighted by molar-refractivity contribution is 0.105. The van der Waals surface area contributed by atoms with Gasteiger partial charge >= 0.3 is 7.12 Å². The molecular formula is C15H18BNO5. The van der Waals surface area contributed by atoms with Gasteiger partial charge < -0.3 is 30.3 Å². The molecule has 6 nitrogen and oxygen atoms in total. The number of rotatable bonds is 7. The Labute approximate surface area is 128 Å². The number of ether oxygens (including phenoxy) is 1. The molecule has 0 saturated heterocycles. The average molecular weight is 303 g/mol. The molecule has 0 aliphatic rings. The fraction of sp³-hybridized carbons (Fsp3) is 0.200. The van der Waals surface area contributed by atoms with Gasteiger partial charge in [0.05, 0.1) is 18.4 Å². The number of aliphatic hydroxyl groups is 2. The molecule has 1 atom stereocenters. The zero-order valence-electron chi connectivity index (χ0n) is 11.9. The van der Waals surface area contributed by atoms with E-state index in [1.807, 2.05) is 12.1 Å². The van der Waals surface area contributed by atoms with Gasteiger partial charge in [0.2, 0.25) is 0 Å². The minimum atomic E-state index is -1.51. The van der Waals surface area contributed by atoms with Crippen LogP contribution in [0.15, 0.2) is 48.5 Å². The quantitative estimate of drug-likeness (QED) is 0.459. The number of hydrogen-bond donors (Lipinski definition) is 5. The molecule has 116 valence electrons. The average Bonchev–Trinajstić information content (AvgIpc) is 2.54. The first-order chi connectivity index (χ1) is 10.6. The molecule has 22 heavy (non-hydrogen) atoms. The molecule has 0 radical (unpaired) electrons. The molecule has 0 aliphatic carbocycles. The van der Waals surface area contributed by atoms with Crippen molar-refractivity contribution in [1.29, 1.82) is 0 Å². The van der Waals surface area contributed by atoms with Gasteiger partial charge in [-0.1, -0.05) is 24.3 Å². The molecule has 2 rings (SSSR count). The van der Waals surface area contributed by atoms with Crippen molar-refractivity contribution in [2.75, 3.05) is 18.5 Å². The number of anilines is 1. The van der Waals surface area contributed by atoms with Gasteiger partial charge in [0.1, 0.15) is 5.75 Å². The Morgan fingerprint density at radius 3 is 2.36 bits per heavy atom. The molecule has 0 aromatic heterocycles. The van der Waals surface area contributed by atoms with Crippen molar-refractivity contribution < 1.29 is 25.0 Å². The van der Waals surface area contributed by atoms with Gasteiger partial charge in [0, 0.05) is 6.54 Å². The number of benzene rings is 2. The molecule has 0 saturated carbocycles. The summed E-state index contributed by atoms with van der Waals surface area (Å²) in [7, 11) is -1.51. The third-order valence-corrected chi connectivity index (χ3v) is 3.03. The molecule has 0 spiro atoms. The predicted octanol–water partition coefficient (Wildman–Crippen LogP) is -0.0762. The maximum Gasteiger partial charge on any atom is 0.488 e. The lowest BCUT2D eigenvalue weighted by atomic mass is 9.80. The number of hydrogen-bond acceptors (Lipinski definition) is 6. The third kappa shape index (κ3) is 4.47. The van der Waals surface area contributed by atoms with Crippen molar-refractivity contribution in [2.24, 2.45) is 0 Å². The fourth-order valence-corrected chi connectivity index (χ4v) is 1.83. The van der Waals surface area contributed by atoms with Crippen LogP contribution < -0.4 is 15.5 Å². The summed E-state index contributed by atoms with van der Waals surface area (Å²) in [6.07, 6.45) is -0.849. The second kappa shape index (κ2) is 7.81. The smallest absolute Gasteiger partial charge is 0.455 e. The lowest BCUT2D eigenvalue weighted by Crippen LogP contribution is -2.29. The minimum absolute atomic E-state index is 0.201. The third-order valence-electron chi connectivity index (χ3n) is 3.03. The lowest BCUT2D eigenvalue weighted by Gasteiger charge is -2.15. The van der Waals surface area contributed by atoms with Gasteiger partial charge in [-0.3, -0.25) is 0 Å². The number of aliphatic hydroxyl groups excluding tert-OH is 2. The second-order valence-electron chi connectivity index (χ2n) is 4.76. The van der Waals surface area contributed by atoms with Crippen LogP contribution in [0, 0.1) is 0 Å². The van der Waals surface area contributed by atoms with Crippen LogP contribution in [0.3, 0.4) is 0 Å². The van der Waals surface area contributed by atoms with Crippen molar-refractivity contribution in [3.63, 3.8) is 0 Å². The van der Waals surface area contributed by atoms with E-state index in [4.69, 9.17) is 19.9 Å². The highest BCUT2D eigenvalue weighted by molar-refractivity contribution is 6.58. The first-order valence-corrected chi connectivity index (χ1v) is 6.86. The molecule has 0 aliphatic heterocycles. The summed E-state index contributed by atoms with van der Waals surface area (Å²) in [6, 6.07) is 13.6. The largest absolute Gasteiger partial charge is 0.488 e. The van der Waals surface area contributed by atoms with E-state index in [1.165, 1.54) is 0 Å². The second-order valence-corrected chi connectivity index (χ2v) is 4.76. The van der Waals surface area contributed by atoms with Crippen LogP contribution in [-0.2, 0) is 0 Å². The summed E-state index contributed by atoms with van der Waals surface area (Å²) < 4.78 is 5.74. The van der Waals surface area contributed by atoms with Crippen LogP contribution >= 0.6 is 0 Å². The Balaban J connectivity index is 2.08. The zero-order chi connectivity index (χ0) is 15.9. The molecule has 2 aromatic carbocycles. The molecule has 0 bridgehead atoms. The zero-order valence-corrected chi connectivity index (χ0v) is 11.9. The highest BCUT2D eigenvalue weighted by Gasteiger charge is 2.11. The fourth-order valence-electron chi connectivity index (χ4n) is 1.83. The normalized spacial score (nSPS) is 11.8.